The van der Waals surface area contributed by atoms with Gasteiger partial charge in [-0.3, -0.25) is 4.79 Å². The average Bonchev–Trinajstić information content (AvgIpc) is 2.36. The molecule has 9 heteroatoms. The Bertz CT molecular complexity index is 352. The molecule has 0 bridgehead atoms. The van der Waals surface area contributed by atoms with Gasteiger partial charge in [-0.25, -0.2) is 0 Å². The number of hydrogen-bond donors (Lipinski definition) is 1. The molecule has 108 valence electrons. The molecule has 0 rings (SSSR count). The van der Waals surface area contributed by atoms with Crippen molar-refractivity contribution < 1.29 is 9.90 Å². The van der Waals surface area contributed by atoms with Crippen LogP contribution in [0.3, 0.4) is 0 Å². The van der Waals surface area contributed by atoms with Crippen molar-refractivity contribution in [2.24, 2.45) is 0 Å². The zero-order chi connectivity index (χ0) is 16.4. The summed E-state index contributed by atoms with van der Waals surface area (Å²) < 4.78 is 0. The van der Waals surface area contributed by atoms with E-state index in [9.17, 15) is 9.90 Å². The van der Waals surface area contributed by atoms with E-state index in [1.165, 1.54) is 0 Å². The third-order valence-electron chi connectivity index (χ3n) is 5.92. The van der Waals surface area contributed by atoms with Gasteiger partial charge in [0.25, 0.3) is 5.97 Å². The van der Waals surface area contributed by atoms with Crippen molar-refractivity contribution in [2.75, 3.05) is 0 Å². The summed E-state index contributed by atoms with van der Waals surface area (Å²) in [5.74, 6) is -0.680. The Hall–Kier alpha value is -0.180. The Labute approximate surface area is 130 Å². The summed E-state index contributed by atoms with van der Waals surface area (Å²) in [7, 11) is 12.2. The van der Waals surface area contributed by atoms with Crippen LogP contribution in [0.1, 0.15) is 40.0 Å². The minimum atomic E-state index is -0.737. The van der Waals surface area contributed by atoms with E-state index in [-0.39, 0.29) is 16.7 Å². The highest BCUT2D eigenvalue weighted by molar-refractivity contribution is 6.57. The Morgan fingerprint density at radius 1 is 1.25 bits per heavy atom. The monoisotopic (exact) mass is 273 g/mol. The maximum absolute atomic E-state index is 11.6. The average molecular weight is 272 g/mol. The fraction of sp³-hybridized carbons (Fsp3) is 0.909. The molecule has 0 saturated carbocycles. The van der Waals surface area contributed by atoms with Crippen molar-refractivity contribution >= 4 is 53.2 Å². The predicted molar refractivity (Wildman–Crippen MR) is 104 cm³/mol. The van der Waals surface area contributed by atoms with Gasteiger partial charge in [-0.15, -0.1) is 0 Å². The lowest BCUT2D eigenvalue weighted by Crippen LogP contribution is -2.63. The molecule has 0 radical (unpaired) electrons. The van der Waals surface area contributed by atoms with E-state index in [1.807, 2.05) is 15.7 Å². The summed E-state index contributed by atoms with van der Waals surface area (Å²) in [6, 6.07) is 0. The lowest BCUT2D eigenvalue weighted by molar-refractivity contribution is -0.138. The summed E-state index contributed by atoms with van der Waals surface area (Å²) in [6.07, 6.45) is 3.34. The molecular weight excluding hydrogens is 243 g/mol. The SMILES string of the molecule is BC(C(B)(B)C(=O)O)C(B)(B)N(B)C(C)(CC)CCC. The number of carboxylic acid groups (broad SMARTS) is 1. The lowest BCUT2D eigenvalue weighted by Gasteiger charge is -2.55. The van der Waals surface area contributed by atoms with Crippen LogP contribution in [0.25, 0.3) is 0 Å². The minimum absolute atomic E-state index is 0.0419. The molecule has 0 amide bonds. The molecule has 0 aromatic carbocycles. The molecule has 0 heterocycles. The van der Waals surface area contributed by atoms with Gasteiger partial charge in [0, 0.05) is 10.8 Å². The molecule has 0 aliphatic rings. The molecule has 0 aromatic rings. The van der Waals surface area contributed by atoms with Crippen LogP contribution in [0.4, 0.5) is 0 Å². The highest BCUT2D eigenvalue weighted by Gasteiger charge is 2.46. The van der Waals surface area contributed by atoms with Gasteiger partial charge in [-0.05, 0) is 19.8 Å². The molecule has 0 aromatic heterocycles. The van der Waals surface area contributed by atoms with Crippen molar-refractivity contribution in [1.29, 1.82) is 0 Å². The molecule has 2 unspecified atom stereocenters. The van der Waals surface area contributed by atoms with E-state index >= 15 is 0 Å². The van der Waals surface area contributed by atoms with Gasteiger partial charge >= 0.3 is 0 Å². The fourth-order valence-electron chi connectivity index (χ4n) is 3.17. The first-order chi connectivity index (χ1) is 8.87. The van der Waals surface area contributed by atoms with Crippen molar-refractivity contribution in [2.45, 2.75) is 61.9 Å². The van der Waals surface area contributed by atoms with Gasteiger partial charge < -0.3 is 9.92 Å². The van der Waals surface area contributed by atoms with Crippen LogP contribution in [-0.2, 0) is 4.79 Å². The number of carboxylic acids is 1. The highest BCUT2D eigenvalue weighted by atomic mass is 16.4. The number of rotatable bonds is 8. The normalized spacial score (nSPS) is 17.6. The van der Waals surface area contributed by atoms with Crippen LogP contribution in [0.5, 0.6) is 0 Å². The number of aliphatic carboxylic acids is 1. The molecule has 0 spiro atoms. The quantitative estimate of drug-likeness (QED) is 0.469. The largest absolute Gasteiger partial charge is 0.482 e. The van der Waals surface area contributed by atoms with Crippen LogP contribution in [0.2, 0.25) is 11.0 Å². The maximum atomic E-state index is 11.6. The third-order valence-corrected chi connectivity index (χ3v) is 5.92. The first-order valence-corrected chi connectivity index (χ1v) is 7.85. The van der Waals surface area contributed by atoms with Crippen molar-refractivity contribution in [3.63, 3.8) is 0 Å². The second-order valence-corrected chi connectivity index (χ2v) is 7.56. The molecule has 1 N–H and O–H groups in total. The second-order valence-electron chi connectivity index (χ2n) is 7.56. The molecular formula is C11H29B6NO2. The zero-order valence-corrected chi connectivity index (χ0v) is 15.0. The van der Waals surface area contributed by atoms with E-state index in [0.717, 1.165) is 19.3 Å². The van der Waals surface area contributed by atoms with Crippen LogP contribution < -0.4 is 0 Å². The fourth-order valence-corrected chi connectivity index (χ4v) is 3.17. The summed E-state index contributed by atoms with van der Waals surface area (Å²) >= 11 is 0. The second kappa shape index (κ2) is 6.72. The molecule has 2 atom stereocenters. The zero-order valence-electron chi connectivity index (χ0n) is 15.0. The first-order valence-electron chi connectivity index (χ1n) is 7.85. The molecule has 3 nitrogen and oxygen atoms in total. The molecule has 0 aliphatic carbocycles. The minimum Gasteiger partial charge on any atom is -0.482 e. The summed E-state index contributed by atoms with van der Waals surface area (Å²) in [5.41, 5.74) is 0.112. The number of carbonyl (C=O) groups is 1. The molecule has 20 heavy (non-hydrogen) atoms. The third kappa shape index (κ3) is 3.72. The van der Waals surface area contributed by atoms with Crippen LogP contribution >= 0.6 is 0 Å². The highest BCUT2D eigenvalue weighted by Crippen LogP contribution is 2.42. The van der Waals surface area contributed by atoms with Crippen LogP contribution in [-0.4, -0.2) is 74.0 Å². The van der Waals surface area contributed by atoms with Gasteiger partial charge in [-0.2, -0.15) is 0 Å². The first kappa shape index (κ1) is 19.8. The van der Waals surface area contributed by atoms with E-state index in [4.69, 9.17) is 0 Å². The van der Waals surface area contributed by atoms with E-state index in [0.29, 0.717) is 0 Å². The van der Waals surface area contributed by atoms with Gasteiger partial charge in [0.2, 0.25) is 0 Å². The Kier molecular flexibility index (Phi) is 6.66. The van der Waals surface area contributed by atoms with Gasteiger partial charge in [-0.1, -0.05) is 31.4 Å². The van der Waals surface area contributed by atoms with E-state index in [2.05, 4.69) is 57.1 Å². The smallest absolute Gasteiger partial charge is 0.293 e. The molecule has 0 aliphatic heterocycles. The molecule has 0 saturated heterocycles. The van der Waals surface area contributed by atoms with Gasteiger partial charge in [0.15, 0.2) is 7.98 Å². The van der Waals surface area contributed by atoms with Crippen LogP contribution in [0.15, 0.2) is 0 Å². The number of hydrogen-bond acceptors (Lipinski definition) is 2. The Morgan fingerprint density at radius 3 is 2.00 bits per heavy atom. The van der Waals surface area contributed by atoms with E-state index < -0.39 is 11.2 Å². The maximum Gasteiger partial charge on any atom is 0.293 e. The summed E-state index contributed by atoms with van der Waals surface area (Å²) in [6.45, 7) is 6.72. The lowest BCUT2D eigenvalue weighted by atomic mass is 9.32. The number of nitrogens with zero attached hydrogens (tertiary/aromatic N) is 1. The standard InChI is InChI=1S/C11H29B6NO2/c1-4-6-9(3,5-2)18(17)11(15,16)7(12)10(13,14)8(19)20/h7H,4-6,12-17H2,1-3H3,(H,19,20). The van der Waals surface area contributed by atoms with Gasteiger partial charge in [0.1, 0.15) is 39.2 Å². The van der Waals surface area contributed by atoms with Gasteiger partial charge in [0.05, 0.1) is 0 Å². The van der Waals surface area contributed by atoms with Crippen molar-refractivity contribution in [1.82, 2.24) is 4.81 Å². The van der Waals surface area contributed by atoms with E-state index in [1.54, 1.807) is 0 Å². The summed E-state index contributed by atoms with van der Waals surface area (Å²) in [5, 5.41) is 8.59. The Balaban J connectivity index is 5.45. The predicted octanol–water partition coefficient (Wildman–Crippen LogP) is -3.39. The molecule has 0 fully saturated rings. The van der Waals surface area contributed by atoms with Crippen LogP contribution in [0, 0.1) is 0 Å². The topological polar surface area (TPSA) is 40.5 Å². The Morgan fingerprint density at radius 2 is 1.70 bits per heavy atom. The van der Waals surface area contributed by atoms with Crippen molar-refractivity contribution in [3.05, 3.63) is 0 Å². The van der Waals surface area contributed by atoms with Crippen molar-refractivity contribution in [3.8, 4) is 0 Å². The summed E-state index contributed by atoms with van der Waals surface area (Å²) in [4.78, 5) is 14.0.